The first kappa shape index (κ1) is 12.4. The number of ether oxygens (including phenoxy) is 1. The Morgan fingerprint density at radius 3 is 2.85 bits per heavy atom. The van der Waals surface area contributed by atoms with E-state index in [-0.39, 0.29) is 0 Å². The molecule has 0 unspecified atom stereocenters. The standard InChI is InChI=1S/C15H14N4O/c16-19-15-8-1-4-11(18-15)10-20-14-7-2-6-13-12(14)5-3-9-17-13/h1-9H,10,16H2,(H,18,19). The number of anilines is 1. The zero-order valence-electron chi connectivity index (χ0n) is 10.8. The quantitative estimate of drug-likeness (QED) is 0.560. The third kappa shape index (κ3) is 2.53. The molecule has 100 valence electrons. The van der Waals surface area contributed by atoms with E-state index in [1.807, 2.05) is 42.5 Å². The second-order valence-corrected chi connectivity index (χ2v) is 4.27. The van der Waals surface area contributed by atoms with Crippen LogP contribution in [0, 0.1) is 0 Å². The molecule has 0 atom stereocenters. The van der Waals surface area contributed by atoms with Crippen LogP contribution in [0.2, 0.25) is 0 Å². The van der Waals surface area contributed by atoms with Gasteiger partial charge in [-0.2, -0.15) is 0 Å². The minimum absolute atomic E-state index is 0.378. The maximum absolute atomic E-state index is 5.83. The van der Waals surface area contributed by atoms with Crippen molar-refractivity contribution in [2.24, 2.45) is 5.84 Å². The number of nitrogens with one attached hydrogen (secondary N) is 1. The Morgan fingerprint density at radius 1 is 1.05 bits per heavy atom. The van der Waals surface area contributed by atoms with Crippen molar-refractivity contribution in [3.05, 3.63) is 60.4 Å². The highest BCUT2D eigenvalue weighted by atomic mass is 16.5. The number of hydrogen-bond donors (Lipinski definition) is 2. The van der Waals surface area contributed by atoms with E-state index in [0.29, 0.717) is 12.4 Å². The van der Waals surface area contributed by atoms with Crippen LogP contribution in [0.25, 0.3) is 10.9 Å². The molecule has 0 spiro atoms. The van der Waals surface area contributed by atoms with Crippen molar-refractivity contribution in [3.8, 4) is 5.75 Å². The topological polar surface area (TPSA) is 73.1 Å². The van der Waals surface area contributed by atoms with Crippen molar-refractivity contribution in [2.45, 2.75) is 6.61 Å². The van der Waals surface area contributed by atoms with Crippen LogP contribution in [0.1, 0.15) is 5.69 Å². The minimum atomic E-state index is 0.378. The highest BCUT2D eigenvalue weighted by Gasteiger charge is 2.03. The molecule has 3 rings (SSSR count). The summed E-state index contributed by atoms with van der Waals surface area (Å²) >= 11 is 0. The summed E-state index contributed by atoms with van der Waals surface area (Å²) in [6.45, 7) is 0.378. The molecule has 3 N–H and O–H groups in total. The van der Waals surface area contributed by atoms with Gasteiger partial charge in [-0.25, -0.2) is 10.8 Å². The molecule has 0 aliphatic heterocycles. The van der Waals surface area contributed by atoms with Crippen molar-refractivity contribution in [1.29, 1.82) is 0 Å². The SMILES string of the molecule is NNc1cccc(COc2cccc3ncccc23)n1. The normalized spacial score (nSPS) is 10.4. The zero-order chi connectivity index (χ0) is 13.8. The van der Waals surface area contributed by atoms with E-state index in [1.54, 1.807) is 12.3 Å². The van der Waals surface area contributed by atoms with E-state index >= 15 is 0 Å². The van der Waals surface area contributed by atoms with Gasteiger partial charge in [0, 0.05) is 11.6 Å². The van der Waals surface area contributed by atoms with Gasteiger partial charge in [-0.1, -0.05) is 12.1 Å². The molecule has 20 heavy (non-hydrogen) atoms. The summed E-state index contributed by atoms with van der Waals surface area (Å²) in [7, 11) is 0. The average molecular weight is 266 g/mol. The molecular formula is C15H14N4O. The molecule has 0 aliphatic carbocycles. The van der Waals surface area contributed by atoms with Crippen molar-refractivity contribution < 1.29 is 4.74 Å². The maximum atomic E-state index is 5.83. The lowest BCUT2D eigenvalue weighted by molar-refractivity contribution is 0.305. The number of pyridine rings is 2. The average Bonchev–Trinajstić information content (AvgIpc) is 2.53. The summed E-state index contributed by atoms with van der Waals surface area (Å²) in [4.78, 5) is 8.61. The fourth-order valence-electron chi connectivity index (χ4n) is 1.99. The molecular weight excluding hydrogens is 252 g/mol. The first-order chi connectivity index (χ1) is 9.86. The molecule has 0 amide bonds. The van der Waals surface area contributed by atoms with Gasteiger partial charge in [0.1, 0.15) is 18.2 Å². The number of fused-ring (bicyclic) bond motifs is 1. The first-order valence-electron chi connectivity index (χ1n) is 6.26. The highest BCUT2D eigenvalue weighted by molar-refractivity contribution is 5.84. The molecule has 0 saturated carbocycles. The Bertz CT molecular complexity index is 724. The summed E-state index contributed by atoms with van der Waals surface area (Å²) < 4.78 is 5.83. The third-order valence-electron chi connectivity index (χ3n) is 2.94. The molecule has 0 saturated heterocycles. The molecule has 0 aliphatic rings. The number of hydrogen-bond acceptors (Lipinski definition) is 5. The van der Waals surface area contributed by atoms with Gasteiger partial charge < -0.3 is 10.2 Å². The smallest absolute Gasteiger partial charge is 0.140 e. The summed E-state index contributed by atoms with van der Waals surface area (Å²) in [6.07, 6.45) is 1.77. The lowest BCUT2D eigenvalue weighted by atomic mass is 10.2. The van der Waals surface area contributed by atoms with Crippen LogP contribution in [0.4, 0.5) is 5.82 Å². The Hall–Kier alpha value is -2.66. The highest BCUT2D eigenvalue weighted by Crippen LogP contribution is 2.24. The van der Waals surface area contributed by atoms with Gasteiger partial charge in [0.25, 0.3) is 0 Å². The minimum Gasteiger partial charge on any atom is -0.487 e. The number of nitrogens with zero attached hydrogens (tertiary/aromatic N) is 2. The number of hydrazine groups is 1. The molecule has 2 aromatic heterocycles. The fraction of sp³-hybridized carbons (Fsp3) is 0.0667. The summed E-state index contributed by atoms with van der Waals surface area (Å²) in [5.74, 6) is 6.75. The zero-order valence-corrected chi connectivity index (χ0v) is 10.8. The van der Waals surface area contributed by atoms with Crippen molar-refractivity contribution in [1.82, 2.24) is 9.97 Å². The van der Waals surface area contributed by atoms with Gasteiger partial charge in [-0.15, -0.1) is 0 Å². The second-order valence-electron chi connectivity index (χ2n) is 4.27. The molecule has 5 nitrogen and oxygen atoms in total. The molecule has 5 heteroatoms. The first-order valence-corrected chi connectivity index (χ1v) is 6.26. The van der Waals surface area contributed by atoms with Gasteiger partial charge in [-0.3, -0.25) is 4.98 Å². The van der Waals surface area contributed by atoms with Gasteiger partial charge >= 0.3 is 0 Å². The number of rotatable bonds is 4. The van der Waals surface area contributed by atoms with E-state index in [1.165, 1.54) is 0 Å². The van der Waals surface area contributed by atoms with Crippen LogP contribution in [-0.4, -0.2) is 9.97 Å². The predicted octanol–water partition coefficient (Wildman–Crippen LogP) is 2.49. The van der Waals surface area contributed by atoms with E-state index in [4.69, 9.17) is 10.6 Å². The Balaban J connectivity index is 1.83. The summed E-state index contributed by atoms with van der Waals surface area (Å²) in [5.41, 5.74) is 4.24. The van der Waals surface area contributed by atoms with Gasteiger partial charge in [0.15, 0.2) is 0 Å². The largest absolute Gasteiger partial charge is 0.487 e. The predicted molar refractivity (Wildman–Crippen MR) is 78.1 cm³/mol. The number of aromatic nitrogens is 2. The molecule has 2 heterocycles. The second kappa shape index (κ2) is 5.54. The molecule has 0 radical (unpaired) electrons. The number of benzene rings is 1. The van der Waals surface area contributed by atoms with E-state index in [0.717, 1.165) is 22.3 Å². The van der Waals surface area contributed by atoms with Crippen LogP contribution in [0.5, 0.6) is 5.75 Å². The number of nitrogens with two attached hydrogens (primary N) is 1. The van der Waals surface area contributed by atoms with Crippen molar-refractivity contribution in [2.75, 3.05) is 5.43 Å². The monoisotopic (exact) mass is 266 g/mol. The number of nitrogen functional groups attached to an aromatic ring is 1. The van der Waals surface area contributed by atoms with Crippen LogP contribution >= 0.6 is 0 Å². The van der Waals surface area contributed by atoms with Gasteiger partial charge in [0.2, 0.25) is 0 Å². The molecule has 0 bridgehead atoms. The third-order valence-corrected chi connectivity index (χ3v) is 2.94. The van der Waals surface area contributed by atoms with Gasteiger partial charge in [-0.05, 0) is 36.4 Å². The van der Waals surface area contributed by atoms with Crippen LogP contribution < -0.4 is 16.0 Å². The molecule has 3 aromatic rings. The lowest BCUT2D eigenvalue weighted by Crippen LogP contribution is -2.09. The Morgan fingerprint density at radius 2 is 1.95 bits per heavy atom. The Kier molecular flexibility index (Phi) is 3.43. The molecule has 1 aromatic carbocycles. The summed E-state index contributed by atoms with van der Waals surface area (Å²) in [6, 6.07) is 15.3. The fourth-order valence-corrected chi connectivity index (χ4v) is 1.99. The van der Waals surface area contributed by atoms with Crippen molar-refractivity contribution >= 4 is 16.7 Å². The Labute approximate surface area is 116 Å². The van der Waals surface area contributed by atoms with E-state index in [2.05, 4.69) is 15.4 Å². The van der Waals surface area contributed by atoms with Crippen LogP contribution in [0.15, 0.2) is 54.7 Å². The summed E-state index contributed by atoms with van der Waals surface area (Å²) in [5, 5.41) is 0.989. The lowest BCUT2D eigenvalue weighted by Gasteiger charge is -2.09. The van der Waals surface area contributed by atoms with Crippen LogP contribution in [-0.2, 0) is 6.61 Å². The van der Waals surface area contributed by atoms with Crippen LogP contribution in [0.3, 0.4) is 0 Å². The maximum Gasteiger partial charge on any atom is 0.140 e. The molecule has 0 fully saturated rings. The van der Waals surface area contributed by atoms with E-state index < -0.39 is 0 Å². The van der Waals surface area contributed by atoms with E-state index in [9.17, 15) is 0 Å². The van der Waals surface area contributed by atoms with Crippen molar-refractivity contribution in [3.63, 3.8) is 0 Å². The van der Waals surface area contributed by atoms with Gasteiger partial charge in [0.05, 0.1) is 11.2 Å².